The Morgan fingerprint density at radius 2 is 1.81 bits per heavy atom. The number of amides is 1. The van der Waals surface area contributed by atoms with Crippen LogP contribution in [0.25, 0.3) is 16.9 Å². The number of hydrogen-bond acceptors (Lipinski definition) is 3. The van der Waals surface area contributed by atoms with Crippen molar-refractivity contribution < 1.29 is 9.53 Å². The zero-order valence-corrected chi connectivity index (χ0v) is 18.8. The molecule has 4 rings (SSSR count). The number of carbonyl (C=O) groups excluding carboxylic acids is 1. The summed E-state index contributed by atoms with van der Waals surface area (Å²) in [5.41, 5.74) is 5.80. The van der Waals surface area contributed by atoms with Crippen molar-refractivity contribution in [1.29, 1.82) is 0 Å². The highest BCUT2D eigenvalue weighted by Crippen LogP contribution is 2.30. The quantitative estimate of drug-likeness (QED) is 0.618. The number of nitrogens with one attached hydrogen (secondary N) is 1. The summed E-state index contributed by atoms with van der Waals surface area (Å²) < 4.78 is 7.53. The minimum Gasteiger partial charge on any atom is -0.379 e. The van der Waals surface area contributed by atoms with Gasteiger partial charge in [-0.1, -0.05) is 35.9 Å². The lowest BCUT2D eigenvalue weighted by atomic mass is 10.1. The molecule has 162 valence electrons. The Morgan fingerprint density at radius 1 is 1.06 bits per heavy atom. The highest BCUT2D eigenvalue weighted by atomic mass is 35.5. The molecule has 1 aromatic heterocycles. The van der Waals surface area contributed by atoms with Crippen LogP contribution in [0.1, 0.15) is 21.6 Å². The summed E-state index contributed by atoms with van der Waals surface area (Å²) in [6, 6.07) is 18.0. The Hall–Kier alpha value is -2.60. The molecular weight excluding hydrogens is 410 g/mol. The summed E-state index contributed by atoms with van der Waals surface area (Å²) in [7, 11) is 0. The van der Waals surface area contributed by atoms with E-state index in [9.17, 15) is 4.79 Å². The van der Waals surface area contributed by atoms with Crippen LogP contribution in [-0.2, 0) is 4.74 Å². The third-order valence-electron chi connectivity index (χ3n) is 5.71. The van der Waals surface area contributed by atoms with Crippen LogP contribution in [0.2, 0.25) is 5.02 Å². The van der Waals surface area contributed by atoms with Crippen LogP contribution in [-0.4, -0.2) is 54.8 Å². The molecule has 3 aromatic rings. The van der Waals surface area contributed by atoms with Crippen LogP contribution < -0.4 is 5.32 Å². The fraction of sp³-hybridized carbons (Fsp3) is 0.320. The number of rotatable bonds is 6. The van der Waals surface area contributed by atoms with Crippen LogP contribution in [0.3, 0.4) is 0 Å². The van der Waals surface area contributed by atoms with Gasteiger partial charge in [-0.25, -0.2) is 0 Å². The zero-order chi connectivity index (χ0) is 21.8. The second-order valence-corrected chi connectivity index (χ2v) is 8.36. The van der Waals surface area contributed by atoms with E-state index < -0.39 is 0 Å². The van der Waals surface area contributed by atoms with Crippen LogP contribution in [0.4, 0.5) is 0 Å². The lowest BCUT2D eigenvalue weighted by molar-refractivity contribution is 0.0383. The Kier molecular flexibility index (Phi) is 6.76. The summed E-state index contributed by atoms with van der Waals surface area (Å²) >= 11 is 6.10. The topological polar surface area (TPSA) is 46.5 Å². The van der Waals surface area contributed by atoms with E-state index in [-0.39, 0.29) is 5.91 Å². The molecule has 0 saturated carbocycles. The molecule has 1 aliphatic rings. The number of hydrogen-bond donors (Lipinski definition) is 1. The first-order valence-corrected chi connectivity index (χ1v) is 11.0. The summed E-state index contributed by atoms with van der Waals surface area (Å²) in [5.74, 6) is -0.0487. The van der Waals surface area contributed by atoms with Crippen LogP contribution >= 0.6 is 11.6 Å². The summed E-state index contributed by atoms with van der Waals surface area (Å²) in [6.07, 6.45) is 0. The number of halogens is 1. The number of carbonyl (C=O) groups is 1. The van der Waals surface area contributed by atoms with Crippen molar-refractivity contribution in [3.63, 3.8) is 0 Å². The third-order valence-corrected chi connectivity index (χ3v) is 5.96. The second-order valence-electron chi connectivity index (χ2n) is 7.92. The average molecular weight is 438 g/mol. The molecule has 0 atom stereocenters. The Morgan fingerprint density at radius 3 is 2.52 bits per heavy atom. The highest BCUT2D eigenvalue weighted by Gasteiger charge is 2.20. The fourth-order valence-electron chi connectivity index (χ4n) is 4.02. The van der Waals surface area contributed by atoms with E-state index in [0.717, 1.165) is 55.5 Å². The molecule has 1 saturated heterocycles. The van der Waals surface area contributed by atoms with Gasteiger partial charge in [0, 0.05) is 42.6 Å². The van der Waals surface area contributed by atoms with Crippen molar-refractivity contribution in [1.82, 2.24) is 14.8 Å². The van der Waals surface area contributed by atoms with Crippen LogP contribution in [0, 0.1) is 13.8 Å². The van der Waals surface area contributed by atoms with Crippen molar-refractivity contribution in [2.45, 2.75) is 13.8 Å². The molecule has 1 aliphatic heterocycles. The summed E-state index contributed by atoms with van der Waals surface area (Å²) in [4.78, 5) is 15.4. The molecule has 2 heterocycles. The van der Waals surface area contributed by atoms with Crippen molar-refractivity contribution in [2.24, 2.45) is 0 Å². The predicted octanol–water partition coefficient (Wildman–Crippen LogP) is 4.48. The molecule has 1 fully saturated rings. The number of benzene rings is 2. The third kappa shape index (κ3) is 5.01. The van der Waals surface area contributed by atoms with Crippen LogP contribution in [0.5, 0.6) is 0 Å². The summed E-state index contributed by atoms with van der Waals surface area (Å²) in [5, 5.41) is 3.79. The Labute approximate surface area is 188 Å². The number of aromatic nitrogens is 1. The molecule has 0 bridgehead atoms. The molecular formula is C25H28ClN3O2. The number of morpholine rings is 1. The second kappa shape index (κ2) is 9.69. The normalized spacial score (nSPS) is 14.5. The van der Waals surface area contributed by atoms with E-state index in [4.69, 9.17) is 16.3 Å². The van der Waals surface area contributed by atoms with Gasteiger partial charge >= 0.3 is 0 Å². The molecule has 31 heavy (non-hydrogen) atoms. The van der Waals surface area contributed by atoms with Gasteiger partial charge in [-0.2, -0.15) is 0 Å². The zero-order valence-electron chi connectivity index (χ0n) is 18.0. The molecule has 0 radical (unpaired) electrons. The molecule has 0 spiro atoms. The highest BCUT2D eigenvalue weighted by molar-refractivity contribution is 6.30. The first kappa shape index (κ1) is 21.6. The maximum absolute atomic E-state index is 13.1. The molecule has 1 amide bonds. The van der Waals surface area contributed by atoms with Crippen molar-refractivity contribution in [2.75, 3.05) is 39.4 Å². The lowest BCUT2D eigenvalue weighted by Crippen LogP contribution is -2.41. The first-order chi connectivity index (χ1) is 15.0. The summed E-state index contributed by atoms with van der Waals surface area (Å²) in [6.45, 7) is 8.87. The first-order valence-electron chi connectivity index (χ1n) is 10.7. The van der Waals surface area contributed by atoms with Crippen molar-refractivity contribution >= 4 is 17.5 Å². The maximum atomic E-state index is 13.1. The van der Waals surface area contributed by atoms with E-state index in [1.165, 1.54) is 5.56 Å². The van der Waals surface area contributed by atoms with Gasteiger partial charge in [0.2, 0.25) is 0 Å². The van der Waals surface area contributed by atoms with Gasteiger partial charge in [0.25, 0.3) is 5.91 Å². The number of ether oxygens (including phenoxy) is 1. The van der Waals surface area contributed by atoms with E-state index in [1.54, 1.807) is 0 Å². The monoisotopic (exact) mass is 437 g/mol. The molecule has 2 aromatic carbocycles. The maximum Gasteiger partial charge on any atom is 0.253 e. The van der Waals surface area contributed by atoms with E-state index in [1.807, 2.05) is 43.3 Å². The van der Waals surface area contributed by atoms with Gasteiger partial charge in [-0.3, -0.25) is 9.69 Å². The predicted molar refractivity (Wildman–Crippen MR) is 125 cm³/mol. The van der Waals surface area contributed by atoms with Gasteiger partial charge in [-0.15, -0.1) is 0 Å². The van der Waals surface area contributed by atoms with E-state index in [2.05, 4.69) is 39.9 Å². The van der Waals surface area contributed by atoms with Crippen LogP contribution in [0.15, 0.2) is 54.6 Å². The van der Waals surface area contributed by atoms with Gasteiger partial charge < -0.3 is 14.6 Å². The molecule has 6 heteroatoms. The van der Waals surface area contributed by atoms with E-state index >= 15 is 0 Å². The van der Waals surface area contributed by atoms with Gasteiger partial charge in [0.05, 0.1) is 24.5 Å². The molecule has 0 unspecified atom stereocenters. The van der Waals surface area contributed by atoms with Gasteiger partial charge in [-0.05, 0) is 55.3 Å². The van der Waals surface area contributed by atoms with Crippen molar-refractivity contribution in [3.8, 4) is 16.9 Å². The molecule has 1 N–H and O–H groups in total. The van der Waals surface area contributed by atoms with Gasteiger partial charge in [0.15, 0.2) is 0 Å². The Balaban J connectivity index is 1.62. The van der Waals surface area contributed by atoms with E-state index in [0.29, 0.717) is 17.1 Å². The minimum atomic E-state index is -0.0487. The number of nitrogens with zero attached hydrogens (tertiary/aromatic N) is 2. The SMILES string of the molecule is Cc1cccc(-n2c(-c3ccc(Cl)cc3)cc(C(=O)NCCN3CCOCC3)c2C)c1. The Bertz CT molecular complexity index is 1050. The van der Waals surface area contributed by atoms with Crippen molar-refractivity contribution in [3.05, 3.63) is 76.4 Å². The molecule has 5 nitrogen and oxygen atoms in total. The minimum absolute atomic E-state index is 0.0487. The average Bonchev–Trinajstić information content (AvgIpc) is 3.12. The van der Waals surface area contributed by atoms with Gasteiger partial charge in [0.1, 0.15) is 0 Å². The standard InChI is InChI=1S/C25H28ClN3O2/c1-18-4-3-5-22(16-18)29-19(2)23(17-24(29)20-6-8-21(26)9-7-20)25(30)27-10-11-28-12-14-31-15-13-28/h3-9,16-17H,10-15H2,1-2H3,(H,27,30). The lowest BCUT2D eigenvalue weighted by Gasteiger charge is -2.26. The number of aryl methyl sites for hydroxylation is 1. The molecule has 0 aliphatic carbocycles. The smallest absolute Gasteiger partial charge is 0.253 e. The fourth-order valence-corrected chi connectivity index (χ4v) is 4.14. The largest absolute Gasteiger partial charge is 0.379 e.